The SMILES string of the molecule is CC(C)C[C@H](NC(=O)CC(C)c1ccc(F)cc1F)C(=O)O. The molecule has 0 aliphatic heterocycles. The zero-order valence-electron chi connectivity index (χ0n) is 12.9. The molecule has 0 bridgehead atoms. The molecule has 0 saturated heterocycles. The third-order valence-electron chi connectivity index (χ3n) is 3.33. The zero-order chi connectivity index (χ0) is 16.9. The number of carbonyl (C=O) groups excluding carboxylic acids is 1. The van der Waals surface area contributed by atoms with Gasteiger partial charge in [0.1, 0.15) is 17.7 Å². The van der Waals surface area contributed by atoms with E-state index in [-0.39, 0.29) is 17.9 Å². The van der Waals surface area contributed by atoms with Crippen molar-refractivity contribution in [2.24, 2.45) is 5.92 Å². The predicted octanol–water partition coefficient (Wildman–Crippen LogP) is 3.07. The van der Waals surface area contributed by atoms with Gasteiger partial charge in [0.05, 0.1) is 0 Å². The Kier molecular flexibility index (Phi) is 6.46. The number of aliphatic carboxylic acids is 1. The Morgan fingerprint density at radius 3 is 2.36 bits per heavy atom. The molecule has 1 unspecified atom stereocenters. The number of carboxylic acid groups (broad SMARTS) is 1. The summed E-state index contributed by atoms with van der Waals surface area (Å²) in [5, 5.41) is 11.5. The molecule has 0 heterocycles. The normalized spacial score (nSPS) is 13.7. The van der Waals surface area contributed by atoms with Gasteiger partial charge >= 0.3 is 5.97 Å². The fourth-order valence-electron chi connectivity index (χ4n) is 2.24. The molecule has 0 spiro atoms. The molecule has 2 N–H and O–H groups in total. The Bertz CT molecular complexity index is 546. The molecule has 0 radical (unpaired) electrons. The molecule has 1 rings (SSSR count). The molecule has 1 amide bonds. The molecular formula is C16H21F2NO3. The summed E-state index contributed by atoms with van der Waals surface area (Å²) in [6.07, 6.45) is 0.255. The minimum atomic E-state index is -1.09. The summed E-state index contributed by atoms with van der Waals surface area (Å²) in [5.74, 6) is -3.31. The van der Waals surface area contributed by atoms with Crippen molar-refractivity contribution in [2.75, 3.05) is 0 Å². The number of halogens is 2. The molecule has 6 heteroatoms. The van der Waals surface area contributed by atoms with E-state index in [1.54, 1.807) is 6.92 Å². The number of hydrogen-bond acceptors (Lipinski definition) is 2. The van der Waals surface area contributed by atoms with E-state index in [0.29, 0.717) is 6.42 Å². The summed E-state index contributed by atoms with van der Waals surface area (Å²) in [6.45, 7) is 5.35. The maximum Gasteiger partial charge on any atom is 0.326 e. The number of rotatable bonds is 7. The van der Waals surface area contributed by atoms with Gasteiger partial charge in [-0.05, 0) is 29.9 Å². The van der Waals surface area contributed by atoms with E-state index in [4.69, 9.17) is 5.11 Å². The molecule has 4 nitrogen and oxygen atoms in total. The molecule has 1 aromatic carbocycles. The fourth-order valence-corrected chi connectivity index (χ4v) is 2.24. The van der Waals surface area contributed by atoms with Crippen LogP contribution in [0.1, 0.15) is 45.1 Å². The highest BCUT2D eigenvalue weighted by molar-refractivity contribution is 5.83. The van der Waals surface area contributed by atoms with Gasteiger partial charge in [-0.15, -0.1) is 0 Å². The van der Waals surface area contributed by atoms with Gasteiger partial charge in [0, 0.05) is 12.5 Å². The second-order valence-corrected chi connectivity index (χ2v) is 5.86. The van der Waals surface area contributed by atoms with Crippen molar-refractivity contribution < 1.29 is 23.5 Å². The highest BCUT2D eigenvalue weighted by atomic mass is 19.1. The van der Waals surface area contributed by atoms with Crippen molar-refractivity contribution in [3.8, 4) is 0 Å². The van der Waals surface area contributed by atoms with Crippen LogP contribution in [-0.4, -0.2) is 23.0 Å². The largest absolute Gasteiger partial charge is 0.480 e. The summed E-state index contributed by atoms with van der Waals surface area (Å²) < 4.78 is 26.5. The summed E-state index contributed by atoms with van der Waals surface area (Å²) in [6, 6.07) is 2.23. The lowest BCUT2D eigenvalue weighted by Crippen LogP contribution is -2.42. The molecule has 0 aliphatic carbocycles. The van der Waals surface area contributed by atoms with Gasteiger partial charge in [-0.3, -0.25) is 4.79 Å². The van der Waals surface area contributed by atoms with Crippen LogP contribution in [-0.2, 0) is 9.59 Å². The first-order chi connectivity index (χ1) is 10.2. The van der Waals surface area contributed by atoms with Crippen LogP contribution < -0.4 is 5.32 Å². The van der Waals surface area contributed by atoms with E-state index in [1.165, 1.54) is 6.07 Å². The van der Waals surface area contributed by atoms with E-state index in [9.17, 15) is 18.4 Å². The maximum atomic E-state index is 13.6. The topological polar surface area (TPSA) is 66.4 Å². The fraction of sp³-hybridized carbons (Fsp3) is 0.500. The molecule has 1 aromatic rings. The molecule has 2 atom stereocenters. The van der Waals surface area contributed by atoms with Crippen molar-refractivity contribution in [2.45, 2.75) is 45.6 Å². The van der Waals surface area contributed by atoms with Crippen molar-refractivity contribution in [1.29, 1.82) is 0 Å². The lowest BCUT2D eigenvalue weighted by molar-refractivity contribution is -0.142. The molecule has 0 saturated carbocycles. The lowest BCUT2D eigenvalue weighted by atomic mass is 9.96. The van der Waals surface area contributed by atoms with E-state index < -0.39 is 35.5 Å². The van der Waals surface area contributed by atoms with Crippen molar-refractivity contribution >= 4 is 11.9 Å². The molecule has 122 valence electrons. The van der Waals surface area contributed by atoms with Crippen LogP contribution in [0.25, 0.3) is 0 Å². The third kappa shape index (κ3) is 5.42. The summed E-state index contributed by atoms with van der Waals surface area (Å²) >= 11 is 0. The summed E-state index contributed by atoms with van der Waals surface area (Å²) in [5.41, 5.74) is 0.229. The Hall–Kier alpha value is -1.98. The summed E-state index contributed by atoms with van der Waals surface area (Å²) in [4.78, 5) is 23.0. The van der Waals surface area contributed by atoms with Crippen LogP contribution in [0, 0.1) is 17.6 Å². The monoisotopic (exact) mass is 313 g/mol. The van der Waals surface area contributed by atoms with Crippen LogP contribution in [0.4, 0.5) is 8.78 Å². The average molecular weight is 313 g/mol. The number of amides is 1. The second kappa shape index (κ2) is 7.87. The van der Waals surface area contributed by atoms with Gasteiger partial charge in [0.25, 0.3) is 0 Å². The van der Waals surface area contributed by atoms with E-state index in [2.05, 4.69) is 5.32 Å². The molecule has 0 fully saturated rings. The van der Waals surface area contributed by atoms with Crippen LogP contribution >= 0.6 is 0 Å². The van der Waals surface area contributed by atoms with Crippen LogP contribution in [0.15, 0.2) is 18.2 Å². The number of carbonyl (C=O) groups is 2. The molecule has 22 heavy (non-hydrogen) atoms. The standard InChI is InChI=1S/C16H21F2NO3/c1-9(2)6-14(16(21)22)19-15(20)7-10(3)12-5-4-11(17)8-13(12)18/h4-5,8-10,14H,6-7H2,1-3H3,(H,19,20)(H,21,22)/t10?,14-/m0/s1. The van der Waals surface area contributed by atoms with Gasteiger partial charge in [0.2, 0.25) is 5.91 Å². The minimum Gasteiger partial charge on any atom is -0.480 e. The second-order valence-electron chi connectivity index (χ2n) is 5.86. The van der Waals surface area contributed by atoms with Crippen LogP contribution in [0.3, 0.4) is 0 Å². The first-order valence-corrected chi connectivity index (χ1v) is 7.17. The van der Waals surface area contributed by atoms with Gasteiger partial charge < -0.3 is 10.4 Å². The highest BCUT2D eigenvalue weighted by Gasteiger charge is 2.23. The Balaban J connectivity index is 2.68. The first-order valence-electron chi connectivity index (χ1n) is 7.17. The van der Waals surface area contributed by atoms with Crippen molar-refractivity contribution in [1.82, 2.24) is 5.32 Å². The first kappa shape index (κ1) is 18.1. The van der Waals surface area contributed by atoms with Gasteiger partial charge in [0.15, 0.2) is 0 Å². The smallest absolute Gasteiger partial charge is 0.326 e. The number of benzene rings is 1. The summed E-state index contributed by atoms with van der Waals surface area (Å²) in [7, 11) is 0. The average Bonchev–Trinajstić information content (AvgIpc) is 2.36. The molecule has 0 aromatic heterocycles. The van der Waals surface area contributed by atoms with Gasteiger partial charge in [-0.1, -0.05) is 26.8 Å². The highest BCUT2D eigenvalue weighted by Crippen LogP contribution is 2.22. The zero-order valence-corrected chi connectivity index (χ0v) is 12.9. The minimum absolute atomic E-state index is 0.0651. The van der Waals surface area contributed by atoms with E-state index in [1.807, 2.05) is 13.8 Å². The Labute approximate surface area is 128 Å². The van der Waals surface area contributed by atoms with E-state index >= 15 is 0 Å². The Morgan fingerprint density at radius 1 is 1.23 bits per heavy atom. The predicted molar refractivity (Wildman–Crippen MR) is 78.4 cm³/mol. The quantitative estimate of drug-likeness (QED) is 0.813. The number of carboxylic acids is 1. The Morgan fingerprint density at radius 2 is 1.86 bits per heavy atom. The molecule has 0 aliphatic rings. The maximum absolute atomic E-state index is 13.6. The van der Waals surface area contributed by atoms with Crippen LogP contribution in [0.2, 0.25) is 0 Å². The van der Waals surface area contributed by atoms with Gasteiger partial charge in [-0.25, -0.2) is 13.6 Å². The number of nitrogens with one attached hydrogen (secondary N) is 1. The van der Waals surface area contributed by atoms with Gasteiger partial charge in [-0.2, -0.15) is 0 Å². The van der Waals surface area contributed by atoms with E-state index in [0.717, 1.165) is 12.1 Å². The van der Waals surface area contributed by atoms with Crippen molar-refractivity contribution in [3.63, 3.8) is 0 Å². The van der Waals surface area contributed by atoms with Crippen LogP contribution in [0.5, 0.6) is 0 Å². The third-order valence-corrected chi connectivity index (χ3v) is 3.33. The number of hydrogen-bond donors (Lipinski definition) is 2. The van der Waals surface area contributed by atoms with Crippen molar-refractivity contribution in [3.05, 3.63) is 35.4 Å². The lowest BCUT2D eigenvalue weighted by Gasteiger charge is -2.18. The molecular weight excluding hydrogens is 292 g/mol.